The summed E-state index contributed by atoms with van der Waals surface area (Å²) in [6.07, 6.45) is 1.59. The highest BCUT2D eigenvalue weighted by Gasteiger charge is 2.18. The van der Waals surface area contributed by atoms with E-state index in [2.05, 4.69) is 10.2 Å². The molecule has 0 aromatic carbocycles. The predicted molar refractivity (Wildman–Crippen MR) is 87.6 cm³/mol. The van der Waals surface area contributed by atoms with Crippen molar-refractivity contribution in [1.29, 1.82) is 0 Å². The zero-order valence-corrected chi connectivity index (χ0v) is 14.7. The number of esters is 1. The molecule has 1 amide bonds. The summed E-state index contributed by atoms with van der Waals surface area (Å²) in [6.45, 7) is 2.44. The minimum atomic E-state index is -0.369. The van der Waals surface area contributed by atoms with E-state index in [1.165, 1.54) is 16.7 Å². The molecule has 9 heteroatoms. The van der Waals surface area contributed by atoms with Crippen molar-refractivity contribution in [2.24, 2.45) is 0 Å². The average Bonchev–Trinajstić information content (AvgIpc) is 3.17. The van der Waals surface area contributed by atoms with Gasteiger partial charge in [0, 0.05) is 14.1 Å². The van der Waals surface area contributed by atoms with Crippen molar-refractivity contribution in [3.8, 4) is 0 Å². The van der Waals surface area contributed by atoms with Gasteiger partial charge in [0.15, 0.2) is 5.16 Å². The summed E-state index contributed by atoms with van der Waals surface area (Å²) in [7, 11) is 3.39. The molecule has 0 radical (unpaired) electrons. The van der Waals surface area contributed by atoms with E-state index in [0.717, 1.165) is 0 Å². The molecule has 2 aromatic rings. The highest BCUT2D eigenvalue weighted by atomic mass is 32.2. The maximum atomic E-state index is 11.8. The van der Waals surface area contributed by atoms with E-state index in [1.54, 1.807) is 37.9 Å². The number of hydrogen-bond acceptors (Lipinski definition) is 7. The Bertz CT molecular complexity index is 682. The number of ether oxygens (including phenoxy) is 1. The normalized spacial score (nSPS) is 10.6. The van der Waals surface area contributed by atoms with Gasteiger partial charge in [-0.1, -0.05) is 11.8 Å². The molecule has 0 aliphatic rings. The minimum absolute atomic E-state index is 0.0176. The molecule has 130 valence electrons. The van der Waals surface area contributed by atoms with Crippen molar-refractivity contribution in [2.75, 3.05) is 26.5 Å². The molecule has 0 spiro atoms. The van der Waals surface area contributed by atoms with E-state index >= 15 is 0 Å². The molecule has 8 nitrogen and oxygen atoms in total. The first-order valence-corrected chi connectivity index (χ1v) is 8.42. The number of nitrogens with zero attached hydrogens (tertiary/aromatic N) is 4. The van der Waals surface area contributed by atoms with Crippen LogP contribution in [0.4, 0.5) is 0 Å². The Kier molecular flexibility index (Phi) is 6.42. The number of hydrogen-bond donors (Lipinski definition) is 0. The van der Waals surface area contributed by atoms with Gasteiger partial charge >= 0.3 is 5.97 Å². The SMILES string of the molecule is CCOC(=O)Cc1nnc(SCC(=O)N(C)C)n1Cc1ccco1. The Labute approximate surface area is 144 Å². The summed E-state index contributed by atoms with van der Waals surface area (Å²) in [5.41, 5.74) is 0. The summed E-state index contributed by atoms with van der Waals surface area (Å²) in [4.78, 5) is 25.0. The molecular formula is C15H20N4O4S. The first-order chi connectivity index (χ1) is 11.5. The van der Waals surface area contributed by atoms with Crippen molar-refractivity contribution in [3.05, 3.63) is 30.0 Å². The van der Waals surface area contributed by atoms with E-state index in [9.17, 15) is 9.59 Å². The summed E-state index contributed by atoms with van der Waals surface area (Å²) < 4.78 is 12.1. The molecule has 0 saturated carbocycles. The number of furan rings is 1. The van der Waals surface area contributed by atoms with E-state index in [-0.39, 0.29) is 24.1 Å². The lowest BCUT2D eigenvalue weighted by Gasteiger charge is -2.11. The molecule has 0 atom stereocenters. The fraction of sp³-hybridized carbons (Fsp3) is 0.467. The average molecular weight is 352 g/mol. The fourth-order valence-corrected chi connectivity index (χ4v) is 2.81. The van der Waals surface area contributed by atoms with Crippen LogP contribution < -0.4 is 0 Å². The van der Waals surface area contributed by atoms with Crippen LogP contribution >= 0.6 is 11.8 Å². The van der Waals surface area contributed by atoms with Crippen molar-refractivity contribution in [1.82, 2.24) is 19.7 Å². The zero-order valence-electron chi connectivity index (χ0n) is 13.9. The van der Waals surface area contributed by atoms with Crippen molar-refractivity contribution in [2.45, 2.75) is 25.0 Å². The minimum Gasteiger partial charge on any atom is -0.467 e. The summed E-state index contributed by atoms with van der Waals surface area (Å²) in [6, 6.07) is 3.61. The lowest BCUT2D eigenvalue weighted by atomic mass is 10.4. The summed E-state index contributed by atoms with van der Waals surface area (Å²) >= 11 is 1.27. The first kappa shape index (κ1) is 18.1. The van der Waals surface area contributed by atoms with Crippen LogP contribution in [-0.4, -0.2) is 58.0 Å². The third kappa shape index (κ3) is 4.85. The van der Waals surface area contributed by atoms with Gasteiger partial charge in [-0.2, -0.15) is 0 Å². The van der Waals surface area contributed by atoms with Crippen LogP contribution in [0.1, 0.15) is 18.5 Å². The summed E-state index contributed by atoms with van der Waals surface area (Å²) in [5, 5.41) is 8.72. The Morgan fingerprint density at radius 1 is 1.38 bits per heavy atom. The molecule has 2 rings (SSSR count). The van der Waals surface area contributed by atoms with E-state index in [4.69, 9.17) is 9.15 Å². The number of rotatable bonds is 8. The molecule has 24 heavy (non-hydrogen) atoms. The fourth-order valence-electron chi connectivity index (χ4n) is 1.87. The number of carbonyl (C=O) groups is 2. The van der Waals surface area contributed by atoms with Gasteiger partial charge in [-0.15, -0.1) is 10.2 Å². The second-order valence-corrected chi connectivity index (χ2v) is 6.07. The van der Waals surface area contributed by atoms with Crippen LogP contribution in [0.3, 0.4) is 0 Å². The largest absolute Gasteiger partial charge is 0.467 e. The van der Waals surface area contributed by atoms with Crippen molar-refractivity contribution >= 4 is 23.6 Å². The van der Waals surface area contributed by atoms with Crippen molar-refractivity contribution < 1.29 is 18.7 Å². The van der Waals surface area contributed by atoms with Gasteiger partial charge < -0.3 is 14.1 Å². The maximum Gasteiger partial charge on any atom is 0.313 e. The summed E-state index contributed by atoms with van der Waals surface area (Å²) in [5.74, 6) is 1.03. The Morgan fingerprint density at radius 2 is 2.17 bits per heavy atom. The number of carbonyl (C=O) groups excluding carboxylic acids is 2. The van der Waals surface area contributed by atoms with E-state index in [1.807, 2.05) is 6.07 Å². The molecule has 2 aromatic heterocycles. The lowest BCUT2D eigenvalue weighted by molar-refractivity contribution is -0.142. The standard InChI is InChI=1S/C15H20N4O4S/c1-4-22-14(21)8-12-16-17-15(24-10-13(20)18(2)3)19(12)9-11-6-5-7-23-11/h5-7H,4,8-10H2,1-3H3. The van der Waals surface area contributed by atoms with Gasteiger partial charge in [-0.05, 0) is 19.1 Å². The Morgan fingerprint density at radius 3 is 2.79 bits per heavy atom. The van der Waals surface area contributed by atoms with Crippen LogP contribution in [0.25, 0.3) is 0 Å². The van der Waals surface area contributed by atoms with Crippen LogP contribution in [0.2, 0.25) is 0 Å². The second-order valence-electron chi connectivity index (χ2n) is 5.12. The number of aromatic nitrogens is 3. The van der Waals surface area contributed by atoms with Gasteiger partial charge in [-0.25, -0.2) is 0 Å². The smallest absolute Gasteiger partial charge is 0.313 e. The molecule has 0 bridgehead atoms. The van der Waals surface area contributed by atoms with E-state index in [0.29, 0.717) is 29.9 Å². The molecule has 0 saturated heterocycles. The van der Waals surface area contributed by atoms with E-state index < -0.39 is 0 Å². The highest BCUT2D eigenvalue weighted by Crippen LogP contribution is 2.20. The van der Waals surface area contributed by atoms with Gasteiger partial charge in [0.25, 0.3) is 0 Å². The Hall–Kier alpha value is -2.29. The third-order valence-electron chi connectivity index (χ3n) is 3.12. The molecule has 0 unspecified atom stereocenters. The quantitative estimate of drug-likeness (QED) is 0.521. The number of amides is 1. The molecule has 0 N–H and O–H groups in total. The van der Waals surface area contributed by atoms with Crippen molar-refractivity contribution in [3.63, 3.8) is 0 Å². The topological polar surface area (TPSA) is 90.5 Å². The monoisotopic (exact) mass is 352 g/mol. The lowest BCUT2D eigenvalue weighted by Crippen LogP contribution is -2.23. The zero-order chi connectivity index (χ0) is 17.5. The molecule has 0 fully saturated rings. The van der Waals surface area contributed by atoms with Gasteiger partial charge in [0.05, 0.1) is 25.2 Å². The number of thioether (sulfide) groups is 1. The first-order valence-electron chi connectivity index (χ1n) is 7.44. The molecule has 0 aliphatic heterocycles. The predicted octanol–water partition coefficient (Wildman–Crippen LogP) is 1.21. The molecule has 2 heterocycles. The van der Waals surface area contributed by atoms with Crippen LogP contribution in [0, 0.1) is 0 Å². The van der Waals surface area contributed by atoms with Gasteiger partial charge in [0.1, 0.15) is 18.0 Å². The molecule has 0 aliphatic carbocycles. The van der Waals surface area contributed by atoms with Crippen LogP contribution in [0.15, 0.2) is 28.0 Å². The maximum absolute atomic E-state index is 11.8. The highest BCUT2D eigenvalue weighted by molar-refractivity contribution is 7.99. The molecular weight excluding hydrogens is 332 g/mol. The van der Waals surface area contributed by atoms with Crippen LogP contribution in [0.5, 0.6) is 0 Å². The second kappa shape index (κ2) is 8.53. The van der Waals surface area contributed by atoms with Crippen LogP contribution in [-0.2, 0) is 27.3 Å². The van der Waals surface area contributed by atoms with Gasteiger partial charge in [0.2, 0.25) is 5.91 Å². The Balaban J connectivity index is 2.17. The third-order valence-corrected chi connectivity index (χ3v) is 4.07. The van der Waals surface area contributed by atoms with Gasteiger partial charge in [-0.3, -0.25) is 14.2 Å².